The second-order valence-electron chi connectivity index (χ2n) is 5.27. The number of hydrogen-bond acceptors (Lipinski definition) is 3. The van der Waals surface area contributed by atoms with Crippen LogP contribution in [-0.2, 0) is 6.54 Å². The number of nitrogens with zero attached hydrogens (tertiary/aromatic N) is 1. The first-order chi connectivity index (χ1) is 11.7. The van der Waals surface area contributed by atoms with Gasteiger partial charge in [-0.25, -0.2) is 0 Å². The van der Waals surface area contributed by atoms with Gasteiger partial charge in [-0.05, 0) is 17.7 Å². The number of primary amides is 1. The predicted molar refractivity (Wildman–Crippen MR) is 95.6 cm³/mol. The molecule has 2 aromatic carbocycles. The van der Waals surface area contributed by atoms with Gasteiger partial charge in [0.25, 0.3) is 11.8 Å². The van der Waals surface area contributed by atoms with Crippen LogP contribution in [0.5, 0.6) is 0 Å². The Bertz CT molecular complexity index is 912. The molecule has 1 aliphatic heterocycles. The first-order valence-corrected chi connectivity index (χ1v) is 8.36. The van der Waals surface area contributed by atoms with Gasteiger partial charge in [0.2, 0.25) is 5.91 Å². The normalized spacial score (nSPS) is 13.4. The zero-order chi connectivity index (χ0) is 18.5. The smallest absolute Gasteiger partial charge is 0.263 e. The molecule has 1 aliphatic rings. The molecule has 3 rings (SSSR count). The Balaban J connectivity index is 2.04. The maximum Gasteiger partial charge on any atom is 0.263 e. The standard InChI is InChI=1S/C16H8Cl4N2O3/c17-10-8-9(11(18)13(20)12(10)19)16(25)22(15(8)24)5-6-2-1-3-7(4-6)14(21)23/h1-4H,5H2,(H2,21,23). The van der Waals surface area contributed by atoms with Crippen LogP contribution >= 0.6 is 46.4 Å². The molecule has 0 aromatic heterocycles. The van der Waals surface area contributed by atoms with E-state index < -0.39 is 17.7 Å². The molecule has 0 aliphatic carbocycles. The van der Waals surface area contributed by atoms with Crippen molar-refractivity contribution in [3.8, 4) is 0 Å². The summed E-state index contributed by atoms with van der Waals surface area (Å²) in [6, 6.07) is 6.27. The van der Waals surface area contributed by atoms with E-state index in [0.717, 1.165) is 4.90 Å². The quantitative estimate of drug-likeness (QED) is 0.461. The van der Waals surface area contributed by atoms with E-state index in [1.54, 1.807) is 12.1 Å². The number of amides is 3. The van der Waals surface area contributed by atoms with Crippen LogP contribution in [-0.4, -0.2) is 22.6 Å². The Kier molecular flexibility index (Phi) is 4.68. The van der Waals surface area contributed by atoms with Gasteiger partial charge in [0.1, 0.15) is 0 Å². The van der Waals surface area contributed by atoms with Gasteiger partial charge in [-0.15, -0.1) is 0 Å². The minimum atomic E-state index is -0.644. The lowest BCUT2D eigenvalue weighted by atomic mass is 10.1. The number of hydrogen-bond donors (Lipinski definition) is 1. The lowest BCUT2D eigenvalue weighted by molar-refractivity contribution is 0.0642. The average molecular weight is 418 g/mol. The molecule has 5 nitrogen and oxygen atoms in total. The van der Waals surface area contributed by atoms with Crippen molar-refractivity contribution in [3.05, 3.63) is 66.6 Å². The van der Waals surface area contributed by atoms with E-state index in [-0.39, 0.29) is 43.3 Å². The summed E-state index contributed by atoms with van der Waals surface area (Å²) in [6.45, 7) is -0.0879. The van der Waals surface area contributed by atoms with Gasteiger partial charge in [-0.3, -0.25) is 19.3 Å². The zero-order valence-electron chi connectivity index (χ0n) is 12.3. The van der Waals surface area contributed by atoms with Crippen molar-refractivity contribution < 1.29 is 14.4 Å². The van der Waals surface area contributed by atoms with E-state index in [9.17, 15) is 14.4 Å². The molecular formula is C16H8Cl4N2O3. The van der Waals surface area contributed by atoms with Gasteiger partial charge in [0.05, 0.1) is 37.8 Å². The van der Waals surface area contributed by atoms with E-state index in [0.29, 0.717) is 5.56 Å². The minimum absolute atomic E-state index is 0.0860. The van der Waals surface area contributed by atoms with E-state index >= 15 is 0 Å². The van der Waals surface area contributed by atoms with Crippen LogP contribution in [0.1, 0.15) is 36.6 Å². The van der Waals surface area contributed by atoms with Gasteiger partial charge >= 0.3 is 0 Å². The van der Waals surface area contributed by atoms with Crippen LogP contribution in [0.2, 0.25) is 20.1 Å². The molecule has 25 heavy (non-hydrogen) atoms. The molecule has 0 spiro atoms. The van der Waals surface area contributed by atoms with E-state index in [2.05, 4.69) is 0 Å². The summed E-state index contributed by atoms with van der Waals surface area (Å²) in [6.07, 6.45) is 0. The van der Waals surface area contributed by atoms with Gasteiger partial charge in [-0.1, -0.05) is 58.5 Å². The molecule has 128 valence electrons. The molecule has 0 radical (unpaired) electrons. The maximum absolute atomic E-state index is 12.6. The lowest BCUT2D eigenvalue weighted by Crippen LogP contribution is -2.29. The first-order valence-electron chi connectivity index (χ1n) is 6.85. The number of benzene rings is 2. The minimum Gasteiger partial charge on any atom is -0.366 e. The highest BCUT2D eigenvalue weighted by atomic mass is 35.5. The molecule has 9 heteroatoms. The van der Waals surface area contributed by atoms with Crippen molar-refractivity contribution >= 4 is 64.1 Å². The highest BCUT2D eigenvalue weighted by Gasteiger charge is 2.41. The van der Waals surface area contributed by atoms with Crippen molar-refractivity contribution in [2.24, 2.45) is 5.73 Å². The van der Waals surface area contributed by atoms with E-state index in [1.807, 2.05) is 0 Å². The summed E-state index contributed by atoms with van der Waals surface area (Å²) in [5, 5.41) is -0.438. The van der Waals surface area contributed by atoms with Crippen molar-refractivity contribution in [2.75, 3.05) is 0 Å². The fourth-order valence-corrected chi connectivity index (χ4v) is 3.56. The predicted octanol–water partition coefficient (Wildman–Crippen LogP) is 4.20. The highest BCUT2D eigenvalue weighted by molar-refractivity contribution is 6.55. The number of carbonyl (C=O) groups is 3. The molecule has 2 aromatic rings. The summed E-state index contributed by atoms with van der Waals surface area (Å²) in [7, 11) is 0. The first kappa shape index (κ1) is 18.0. The molecule has 0 unspecified atom stereocenters. The molecule has 0 saturated heterocycles. The Hall–Kier alpha value is -1.79. The summed E-state index contributed by atoms with van der Waals surface area (Å²) < 4.78 is 0. The number of imide groups is 1. The number of halogens is 4. The van der Waals surface area contributed by atoms with Gasteiger partial charge in [0, 0.05) is 5.56 Å². The molecule has 1 heterocycles. The zero-order valence-corrected chi connectivity index (χ0v) is 15.3. The third-order valence-corrected chi connectivity index (χ3v) is 5.54. The monoisotopic (exact) mass is 416 g/mol. The third kappa shape index (κ3) is 2.87. The Labute approximate surface area is 162 Å². The topological polar surface area (TPSA) is 80.5 Å². The molecular weight excluding hydrogens is 410 g/mol. The Morgan fingerprint density at radius 1 is 0.920 bits per heavy atom. The van der Waals surface area contributed by atoms with Crippen LogP contribution in [0.3, 0.4) is 0 Å². The third-order valence-electron chi connectivity index (χ3n) is 3.74. The molecule has 0 fully saturated rings. The van der Waals surface area contributed by atoms with Crippen LogP contribution in [0, 0.1) is 0 Å². The second kappa shape index (κ2) is 6.50. The number of fused-ring (bicyclic) bond motifs is 1. The van der Waals surface area contributed by atoms with Gasteiger partial charge < -0.3 is 5.73 Å². The van der Waals surface area contributed by atoms with Crippen LogP contribution < -0.4 is 5.73 Å². The fraction of sp³-hybridized carbons (Fsp3) is 0.0625. The molecule has 0 atom stereocenters. The number of rotatable bonds is 3. The van der Waals surface area contributed by atoms with E-state index in [1.165, 1.54) is 12.1 Å². The van der Waals surface area contributed by atoms with Crippen molar-refractivity contribution in [3.63, 3.8) is 0 Å². The molecule has 0 saturated carbocycles. The number of nitrogens with two attached hydrogens (primary N) is 1. The Morgan fingerprint density at radius 3 is 1.92 bits per heavy atom. The Morgan fingerprint density at radius 2 is 1.44 bits per heavy atom. The summed E-state index contributed by atoms with van der Waals surface area (Å²) in [5.74, 6) is -1.90. The van der Waals surface area contributed by atoms with Crippen LogP contribution in [0.4, 0.5) is 0 Å². The number of carbonyl (C=O) groups excluding carboxylic acids is 3. The van der Waals surface area contributed by atoms with Crippen LogP contribution in [0.15, 0.2) is 24.3 Å². The molecule has 3 amide bonds. The fourth-order valence-electron chi connectivity index (χ4n) is 2.54. The largest absolute Gasteiger partial charge is 0.366 e. The molecule has 0 bridgehead atoms. The second-order valence-corrected chi connectivity index (χ2v) is 6.78. The van der Waals surface area contributed by atoms with Gasteiger partial charge in [0.15, 0.2) is 0 Å². The summed E-state index contributed by atoms with van der Waals surface area (Å²) in [5.41, 5.74) is 5.86. The van der Waals surface area contributed by atoms with Gasteiger partial charge in [-0.2, -0.15) is 0 Å². The average Bonchev–Trinajstić information content (AvgIpc) is 2.83. The maximum atomic E-state index is 12.6. The summed E-state index contributed by atoms with van der Waals surface area (Å²) >= 11 is 24.1. The lowest BCUT2D eigenvalue weighted by Gasteiger charge is -2.14. The molecule has 2 N–H and O–H groups in total. The summed E-state index contributed by atoms with van der Waals surface area (Å²) in [4.78, 5) is 37.5. The SMILES string of the molecule is NC(=O)c1cccc(CN2C(=O)c3c(Cl)c(Cl)c(Cl)c(Cl)c3C2=O)c1. The van der Waals surface area contributed by atoms with Crippen molar-refractivity contribution in [2.45, 2.75) is 6.54 Å². The van der Waals surface area contributed by atoms with Crippen molar-refractivity contribution in [1.82, 2.24) is 4.90 Å². The van der Waals surface area contributed by atoms with Crippen molar-refractivity contribution in [1.29, 1.82) is 0 Å². The highest BCUT2D eigenvalue weighted by Crippen LogP contribution is 2.45. The van der Waals surface area contributed by atoms with E-state index in [4.69, 9.17) is 52.1 Å². The van der Waals surface area contributed by atoms with Crippen LogP contribution in [0.25, 0.3) is 0 Å².